The van der Waals surface area contributed by atoms with Gasteiger partial charge in [0, 0.05) is 24.2 Å². The highest BCUT2D eigenvalue weighted by atomic mass is 16.5. The Bertz CT molecular complexity index is 864. The van der Waals surface area contributed by atoms with E-state index in [0.29, 0.717) is 13.0 Å². The first-order valence-electron chi connectivity index (χ1n) is 10.5. The summed E-state index contributed by atoms with van der Waals surface area (Å²) in [4.78, 5) is 30.2. The van der Waals surface area contributed by atoms with Crippen LogP contribution in [0.1, 0.15) is 12.0 Å². The molecular formula is C23H29N4O3+. The maximum atomic E-state index is 12.7. The van der Waals surface area contributed by atoms with Crippen molar-refractivity contribution in [1.82, 2.24) is 10.2 Å². The number of piperazine rings is 1. The number of carbonyl (C=O) groups excluding carboxylic acids is 2. The maximum Gasteiger partial charge on any atom is 0.318 e. The van der Waals surface area contributed by atoms with E-state index in [-0.39, 0.29) is 18.0 Å². The number of carbonyl (C=O) groups is 2. The highest BCUT2D eigenvalue weighted by molar-refractivity contribution is 5.96. The first kappa shape index (κ1) is 20.2. The number of anilines is 1. The van der Waals surface area contributed by atoms with Crippen molar-refractivity contribution in [1.29, 1.82) is 0 Å². The summed E-state index contributed by atoms with van der Waals surface area (Å²) < 4.78 is 5.17. The van der Waals surface area contributed by atoms with E-state index in [0.717, 1.165) is 44.2 Å². The highest BCUT2D eigenvalue weighted by Gasteiger charge is 2.33. The van der Waals surface area contributed by atoms with Crippen LogP contribution in [0.3, 0.4) is 0 Å². The summed E-state index contributed by atoms with van der Waals surface area (Å²) in [6, 6.07) is 17.7. The molecule has 2 aliphatic heterocycles. The molecule has 7 heteroatoms. The van der Waals surface area contributed by atoms with E-state index in [2.05, 4.69) is 29.6 Å². The predicted molar refractivity (Wildman–Crippen MR) is 115 cm³/mol. The molecule has 2 fully saturated rings. The number of hydrogen-bond acceptors (Lipinski definition) is 3. The van der Waals surface area contributed by atoms with Gasteiger partial charge in [0.2, 0.25) is 5.91 Å². The van der Waals surface area contributed by atoms with Gasteiger partial charge < -0.3 is 24.8 Å². The summed E-state index contributed by atoms with van der Waals surface area (Å²) in [6.07, 6.45) is 0.330. The van der Waals surface area contributed by atoms with E-state index in [4.69, 9.17) is 4.74 Å². The number of nitrogens with zero attached hydrogens (tertiary/aromatic N) is 2. The van der Waals surface area contributed by atoms with Crippen molar-refractivity contribution >= 4 is 17.6 Å². The molecule has 2 aromatic carbocycles. The lowest BCUT2D eigenvalue weighted by molar-refractivity contribution is -0.917. The number of benzene rings is 2. The Morgan fingerprint density at radius 3 is 2.47 bits per heavy atom. The fourth-order valence-corrected chi connectivity index (χ4v) is 4.17. The molecule has 1 atom stereocenters. The molecule has 0 aliphatic carbocycles. The van der Waals surface area contributed by atoms with E-state index in [1.807, 2.05) is 35.2 Å². The van der Waals surface area contributed by atoms with Gasteiger partial charge in [0.05, 0.1) is 39.3 Å². The lowest BCUT2D eigenvalue weighted by Gasteiger charge is -2.33. The molecule has 0 unspecified atom stereocenters. The van der Waals surface area contributed by atoms with Gasteiger partial charge >= 0.3 is 6.03 Å². The van der Waals surface area contributed by atoms with Crippen LogP contribution in [-0.4, -0.2) is 62.7 Å². The van der Waals surface area contributed by atoms with Crippen molar-refractivity contribution in [2.24, 2.45) is 0 Å². The smallest absolute Gasteiger partial charge is 0.318 e. The Morgan fingerprint density at radius 1 is 1.10 bits per heavy atom. The van der Waals surface area contributed by atoms with Crippen molar-refractivity contribution in [3.8, 4) is 5.75 Å². The Balaban J connectivity index is 1.26. The second kappa shape index (κ2) is 9.17. The fraction of sp³-hybridized carbons (Fsp3) is 0.391. The minimum Gasteiger partial charge on any atom is -0.497 e. The Hall–Kier alpha value is -3.06. The number of hydrogen-bond donors (Lipinski definition) is 2. The number of quaternary nitrogens is 1. The van der Waals surface area contributed by atoms with Gasteiger partial charge in [-0.2, -0.15) is 0 Å². The molecule has 2 heterocycles. The Kier molecular flexibility index (Phi) is 6.18. The van der Waals surface area contributed by atoms with Crippen molar-refractivity contribution < 1.29 is 19.2 Å². The number of rotatable bonds is 5. The summed E-state index contributed by atoms with van der Waals surface area (Å²) in [5.74, 6) is 0.784. The van der Waals surface area contributed by atoms with Gasteiger partial charge in [0.15, 0.2) is 0 Å². The molecule has 4 rings (SSSR count). The minimum atomic E-state index is -0.165. The standard InChI is InChI=1S/C23H28N4O3/c1-30-21-9-7-20(8-10-21)27-17-19(15-22(27)28)24-23(29)26-13-11-25(12-14-26)16-18-5-3-2-4-6-18/h2-10,19H,11-17H2,1H3,(H,24,29)/p+1/t19-/m0/s1. The molecule has 7 nitrogen and oxygen atoms in total. The van der Waals surface area contributed by atoms with Crippen LogP contribution in [0.4, 0.5) is 10.5 Å². The van der Waals surface area contributed by atoms with Crippen molar-refractivity contribution in [3.63, 3.8) is 0 Å². The first-order chi connectivity index (χ1) is 14.6. The zero-order valence-corrected chi connectivity index (χ0v) is 17.3. The molecule has 0 saturated carbocycles. The van der Waals surface area contributed by atoms with Crippen LogP contribution in [0, 0.1) is 0 Å². The molecule has 2 saturated heterocycles. The van der Waals surface area contributed by atoms with Crippen molar-refractivity contribution in [2.75, 3.05) is 44.7 Å². The summed E-state index contributed by atoms with van der Waals surface area (Å²) in [7, 11) is 1.62. The Morgan fingerprint density at radius 2 is 1.80 bits per heavy atom. The van der Waals surface area contributed by atoms with E-state index in [1.54, 1.807) is 12.0 Å². The zero-order chi connectivity index (χ0) is 20.9. The topological polar surface area (TPSA) is 66.3 Å². The quantitative estimate of drug-likeness (QED) is 0.772. The molecule has 0 bridgehead atoms. The van der Waals surface area contributed by atoms with Crippen LogP contribution in [0.2, 0.25) is 0 Å². The molecule has 2 aromatic rings. The van der Waals surface area contributed by atoms with Crippen molar-refractivity contribution in [2.45, 2.75) is 19.0 Å². The molecule has 158 valence electrons. The number of ether oxygens (including phenoxy) is 1. The lowest BCUT2D eigenvalue weighted by Crippen LogP contribution is -3.13. The van der Waals surface area contributed by atoms with E-state index in [9.17, 15) is 9.59 Å². The van der Waals surface area contributed by atoms with Crippen LogP contribution in [0.25, 0.3) is 0 Å². The van der Waals surface area contributed by atoms with Crippen LogP contribution >= 0.6 is 0 Å². The van der Waals surface area contributed by atoms with Gasteiger partial charge in [-0.3, -0.25) is 4.79 Å². The largest absolute Gasteiger partial charge is 0.497 e. The highest BCUT2D eigenvalue weighted by Crippen LogP contribution is 2.24. The van der Waals surface area contributed by atoms with Gasteiger partial charge in [0.25, 0.3) is 0 Å². The lowest BCUT2D eigenvalue weighted by atomic mass is 10.2. The van der Waals surface area contributed by atoms with Gasteiger partial charge in [-0.05, 0) is 24.3 Å². The Labute approximate surface area is 177 Å². The monoisotopic (exact) mass is 409 g/mol. The van der Waals surface area contributed by atoms with Crippen LogP contribution < -0.4 is 19.9 Å². The van der Waals surface area contributed by atoms with Crippen molar-refractivity contribution in [3.05, 3.63) is 60.2 Å². The van der Waals surface area contributed by atoms with Gasteiger partial charge in [-0.25, -0.2) is 4.79 Å². The summed E-state index contributed by atoms with van der Waals surface area (Å²) >= 11 is 0. The van der Waals surface area contributed by atoms with Crippen LogP contribution in [-0.2, 0) is 11.3 Å². The number of nitrogens with one attached hydrogen (secondary N) is 2. The third-order valence-corrected chi connectivity index (χ3v) is 5.89. The second-order valence-electron chi connectivity index (χ2n) is 7.95. The normalized spacial score (nSPS) is 19.8. The SMILES string of the molecule is COc1ccc(N2C[C@@H](NC(=O)N3CC[NH+](Cc4ccccc4)CC3)CC2=O)cc1. The fourth-order valence-electron chi connectivity index (χ4n) is 4.17. The molecule has 0 aromatic heterocycles. The minimum absolute atomic E-state index is 0.0302. The van der Waals surface area contributed by atoms with Crippen LogP contribution in [0.5, 0.6) is 5.75 Å². The molecule has 30 heavy (non-hydrogen) atoms. The average Bonchev–Trinajstić information content (AvgIpc) is 3.15. The predicted octanol–water partition coefficient (Wildman–Crippen LogP) is 0.911. The summed E-state index contributed by atoms with van der Waals surface area (Å²) in [5.41, 5.74) is 2.16. The van der Waals surface area contributed by atoms with E-state index in [1.165, 1.54) is 10.5 Å². The second-order valence-corrected chi connectivity index (χ2v) is 7.95. The molecule has 0 spiro atoms. The van der Waals surface area contributed by atoms with Crippen LogP contribution in [0.15, 0.2) is 54.6 Å². The molecule has 3 amide bonds. The number of urea groups is 1. The van der Waals surface area contributed by atoms with E-state index >= 15 is 0 Å². The summed E-state index contributed by atoms with van der Waals surface area (Å²) in [5, 5.41) is 3.06. The molecular weight excluding hydrogens is 380 g/mol. The first-order valence-corrected chi connectivity index (χ1v) is 10.5. The molecule has 0 radical (unpaired) electrons. The average molecular weight is 410 g/mol. The third kappa shape index (κ3) is 4.74. The number of methoxy groups -OCH3 is 1. The summed E-state index contributed by atoms with van der Waals surface area (Å²) in [6.45, 7) is 4.82. The molecule has 2 N–H and O–H groups in total. The zero-order valence-electron chi connectivity index (χ0n) is 17.3. The third-order valence-electron chi connectivity index (χ3n) is 5.89. The number of amides is 3. The maximum absolute atomic E-state index is 12.7. The van der Waals surface area contributed by atoms with Gasteiger partial charge in [-0.15, -0.1) is 0 Å². The molecule has 2 aliphatic rings. The van der Waals surface area contributed by atoms with Gasteiger partial charge in [0.1, 0.15) is 12.3 Å². The van der Waals surface area contributed by atoms with Gasteiger partial charge in [-0.1, -0.05) is 30.3 Å². The van der Waals surface area contributed by atoms with E-state index < -0.39 is 0 Å².